The minimum atomic E-state index is -3.60. The Morgan fingerprint density at radius 3 is 2.70 bits per heavy atom. The fourth-order valence-electron chi connectivity index (χ4n) is 2.50. The monoisotopic (exact) mass is 301 g/mol. The molecule has 0 bridgehead atoms. The van der Waals surface area contributed by atoms with Crippen LogP contribution >= 0.6 is 0 Å². The summed E-state index contributed by atoms with van der Waals surface area (Å²) in [7, 11) is -3.60. The summed E-state index contributed by atoms with van der Waals surface area (Å²) < 4.78 is 39.8. The van der Waals surface area contributed by atoms with E-state index in [1.807, 2.05) is 0 Å². The van der Waals surface area contributed by atoms with Crippen molar-refractivity contribution in [3.63, 3.8) is 0 Å². The van der Waals surface area contributed by atoms with E-state index in [-0.39, 0.29) is 10.5 Å². The van der Waals surface area contributed by atoms with Gasteiger partial charge in [-0.05, 0) is 36.5 Å². The molecular weight excluding hydrogens is 281 g/mol. The van der Waals surface area contributed by atoms with Crippen molar-refractivity contribution >= 4 is 10.0 Å². The molecule has 0 aliphatic carbocycles. The second-order valence-corrected chi connectivity index (χ2v) is 7.51. The molecule has 2 rings (SSSR count). The molecule has 1 unspecified atom stereocenters. The lowest BCUT2D eigenvalue weighted by Gasteiger charge is -2.18. The first-order valence-corrected chi connectivity index (χ1v) is 8.19. The SMILES string of the molecule is CC(C)C1CCN(S(=O)(=O)c2ccc(F)c(CO)c2)C1. The molecule has 0 aromatic heterocycles. The molecule has 1 aromatic rings. The minimum absolute atomic E-state index is 0.00526. The molecule has 1 aliphatic heterocycles. The van der Waals surface area contributed by atoms with Crippen molar-refractivity contribution in [1.82, 2.24) is 4.31 Å². The average Bonchev–Trinajstić information content (AvgIpc) is 2.89. The van der Waals surface area contributed by atoms with Gasteiger partial charge in [0.1, 0.15) is 5.82 Å². The average molecular weight is 301 g/mol. The third kappa shape index (κ3) is 2.87. The van der Waals surface area contributed by atoms with Crippen LogP contribution < -0.4 is 0 Å². The summed E-state index contributed by atoms with van der Waals surface area (Å²) in [6, 6.07) is 3.56. The van der Waals surface area contributed by atoms with Crippen molar-refractivity contribution in [2.75, 3.05) is 13.1 Å². The molecule has 1 aliphatic rings. The van der Waals surface area contributed by atoms with Crippen molar-refractivity contribution in [2.24, 2.45) is 11.8 Å². The van der Waals surface area contributed by atoms with Crippen molar-refractivity contribution in [2.45, 2.75) is 31.8 Å². The Morgan fingerprint density at radius 2 is 2.15 bits per heavy atom. The molecule has 4 nitrogen and oxygen atoms in total. The van der Waals surface area contributed by atoms with Gasteiger partial charge in [-0.15, -0.1) is 0 Å². The molecule has 1 saturated heterocycles. The molecule has 1 N–H and O–H groups in total. The summed E-state index contributed by atoms with van der Waals surface area (Å²) in [5, 5.41) is 9.04. The van der Waals surface area contributed by atoms with Gasteiger partial charge in [0.05, 0.1) is 11.5 Å². The van der Waals surface area contributed by atoms with Crippen LogP contribution in [0.25, 0.3) is 0 Å². The van der Waals surface area contributed by atoms with E-state index >= 15 is 0 Å². The van der Waals surface area contributed by atoms with Gasteiger partial charge in [-0.25, -0.2) is 12.8 Å². The number of nitrogens with zero attached hydrogens (tertiary/aromatic N) is 1. The van der Waals surface area contributed by atoms with Crippen LogP contribution in [0.2, 0.25) is 0 Å². The Balaban J connectivity index is 2.27. The summed E-state index contributed by atoms with van der Waals surface area (Å²) in [5.41, 5.74) is 0.00526. The van der Waals surface area contributed by atoms with E-state index in [1.54, 1.807) is 0 Å². The molecule has 0 radical (unpaired) electrons. The third-order valence-corrected chi connectivity index (χ3v) is 5.82. The van der Waals surface area contributed by atoms with Crippen LogP contribution in [0, 0.1) is 17.7 Å². The lowest BCUT2D eigenvalue weighted by molar-refractivity contribution is 0.275. The summed E-state index contributed by atoms with van der Waals surface area (Å²) in [4.78, 5) is 0.0485. The number of hydrogen-bond acceptors (Lipinski definition) is 3. The standard InChI is InChI=1S/C14H20FNO3S/c1-10(2)11-5-6-16(8-11)20(18,19)13-3-4-14(15)12(7-13)9-17/h3-4,7,10-11,17H,5-6,8-9H2,1-2H3. The number of aliphatic hydroxyl groups excluding tert-OH is 1. The number of sulfonamides is 1. The lowest BCUT2D eigenvalue weighted by atomic mass is 9.96. The van der Waals surface area contributed by atoms with E-state index in [2.05, 4.69) is 13.8 Å². The predicted octanol–water partition coefficient (Wildman–Crippen LogP) is 1.98. The van der Waals surface area contributed by atoms with Crippen molar-refractivity contribution < 1.29 is 17.9 Å². The number of aliphatic hydroxyl groups is 1. The molecule has 1 fully saturated rings. The van der Waals surface area contributed by atoms with Crippen molar-refractivity contribution in [3.05, 3.63) is 29.6 Å². The van der Waals surface area contributed by atoms with Crippen LogP contribution in [-0.4, -0.2) is 30.9 Å². The van der Waals surface area contributed by atoms with Crippen LogP contribution in [0.3, 0.4) is 0 Å². The first kappa shape index (κ1) is 15.4. The van der Waals surface area contributed by atoms with E-state index in [1.165, 1.54) is 16.4 Å². The normalized spacial score (nSPS) is 20.8. The predicted molar refractivity (Wildman–Crippen MR) is 74.0 cm³/mol. The quantitative estimate of drug-likeness (QED) is 0.925. The van der Waals surface area contributed by atoms with E-state index in [0.717, 1.165) is 12.5 Å². The van der Waals surface area contributed by atoms with Crippen LogP contribution in [0.4, 0.5) is 4.39 Å². The van der Waals surface area contributed by atoms with Gasteiger partial charge in [0, 0.05) is 18.7 Å². The highest BCUT2D eigenvalue weighted by molar-refractivity contribution is 7.89. The zero-order chi connectivity index (χ0) is 14.9. The topological polar surface area (TPSA) is 57.6 Å². The van der Waals surface area contributed by atoms with Crippen LogP contribution in [-0.2, 0) is 16.6 Å². The molecule has 6 heteroatoms. The number of rotatable bonds is 4. The first-order chi connectivity index (χ1) is 9.36. The number of hydrogen-bond donors (Lipinski definition) is 1. The lowest BCUT2D eigenvalue weighted by Crippen LogP contribution is -2.29. The Bertz CT molecular complexity index is 586. The minimum Gasteiger partial charge on any atom is -0.392 e. The summed E-state index contributed by atoms with van der Waals surface area (Å²) in [5.74, 6) is 0.215. The van der Waals surface area contributed by atoms with Crippen molar-refractivity contribution in [3.8, 4) is 0 Å². The third-order valence-electron chi connectivity index (χ3n) is 3.96. The molecule has 20 heavy (non-hydrogen) atoms. The van der Waals surface area contributed by atoms with Gasteiger partial charge in [0.2, 0.25) is 10.0 Å². The molecule has 0 spiro atoms. The Labute approximate surface area is 119 Å². The van der Waals surface area contributed by atoms with Crippen LogP contribution in [0.1, 0.15) is 25.8 Å². The van der Waals surface area contributed by atoms with E-state index < -0.39 is 22.4 Å². The first-order valence-electron chi connectivity index (χ1n) is 6.75. The maximum absolute atomic E-state index is 13.3. The largest absolute Gasteiger partial charge is 0.392 e. The smallest absolute Gasteiger partial charge is 0.243 e. The van der Waals surface area contributed by atoms with Crippen LogP contribution in [0.5, 0.6) is 0 Å². The molecule has 0 saturated carbocycles. The molecule has 0 amide bonds. The van der Waals surface area contributed by atoms with E-state index in [0.29, 0.717) is 24.9 Å². The molecule has 112 valence electrons. The Morgan fingerprint density at radius 1 is 1.45 bits per heavy atom. The number of halogens is 1. The van der Waals surface area contributed by atoms with Gasteiger partial charge in [-0.3, -0.25) is 0 Å². The summed E-state index contributed by atoms with van der Waals surface area (Å²) in [6.45, 7) is 4.66. The zero-order valence-corrected chi connectivity index (χ0v) is 12.5. The van der Waals surface area contributed by atoms with Gasteiger partial charge >= 0.3 is 0 Å². The summed E-state index contributed by atoms with van der Waals surface area (Å²) in [6.07, 6.45) is 0.852. The fraction of sp³-hybridized carbons (Fsp3) is 0.571. The van der Waals surface area contributed by atoms with Gasteiger partial charge in [0.25, 0.3) is 0 Å². The fourth-order valence-corrected chi connectivity index (χ4v) is 4.06. The van der Waals surface area contributed by atoms with Gasteiger partial charge in [-0.1, -0.05) is 13.8 Å². The van der Waals surface area contributed by atoms with Gasteiger partial charge < -0.3 is 5.11 Å². The number of benzene rings is 1. The highest BCUT2D eigenvalue weighted by Crippen LogP contribution is 2.29. The Kier molecular flexibility index (Phi) is 4.46. The van der Waals surface area contributed by atoms with Crippen LogP contribution in [0.15, 0.2) is 23.1 Å². The second-order valence-electron chi connectivity index (χ2n) is 5.57. The molecule has 1 atom stereocenters. The van der Waals surface area contributed by atoms with Gasteiger partial charge in [-0.2, -0.15) is 4.31 Å². The highest BCUT2D eigenvalue weighted by Gasteiger charge is 2.33. The van der Waals surface area contributed by atoms with Crippen molar-refractivity contribution in [1.29, 1.82) is 0 Å². The van der Waals surface area contributed by atoms with Gasteiger partial charge in [0.15, 0.2) is 0 Å². The molecular formula is C14H20FNO3S. The summed E-state index contributed by atoms with van der Waals surface area (Å²) >= 11 is 0. The maximum Gasteiger partial charge on any atom is 0.243 e. The second kappa shape index (κ2) is 5.79. The van der Waals surface area contributed by atoms with E-state index in [4.69, 9.17) is 5.11 Å². The van der Waals surface area contributed by atoms with E-state index in [9.17, 15) is 12.8 Å². The Hall–Kier alpha value is -0.980. The molecule has 1 heterocycles. The highest BCUT2D eigenvalue weighted by atomic mass is 32.2. The zero-order valence-electron chi connectivity index (χ0n) is 11.7. The maximum atomic E-state index is 13.3. The molecule has 1 aromatic carbocycles.